The number of hydrogen-bond donors (Lipinski definition) is 0. The van der Waals surface area contributed by atoms with Gasteiger partial charge in [-0.2, -0.15) is 0 Å². The fourth-order valence-electron chi connectivity index (χ4n) is 4.19. The number of hydrogen-bond acceptors (Lipinski definition) is 4. The van der Waals surface area contributed by atoms with Crippen molar-refractivity contribution in [1.82, 2.24) is 24.8 Å². The molecule has 0 aromatic carbocycles. The third-order valence-corrected chi connectivity index (χ3v) is 6.08. The standard InChI is InChI=1S/C18H31N5O/c1-5-18(6-2)11-16(18)17(24)22-9-7-15(8-10-22)23-13-14(19-20-23)12-21(3)4/h13,15-16H,5-12H2,1-4H3/t16-/m1/s1. The lowest BCUT2D eigenvalue weighted by Gasteiger charge is -2.32. The molecule has 6 heteroatoms. The van der Waals surface area contributed by atoms with E-state index in [0.717, 1.165) is 57.4 Å². The lowest BCUT2D eigenvalue weighted by Crippen LogP contribution is -2.40. The van der Waals surface area contributed by atoms with Gasteiger partial charge in [-0.05, 0) is 51.6 Å². The van der Waals surface area contributed by atoms with Crippen LogP contribution in [0, 0.1) is 11.3 Å². The molecule has 6 nitrogen and oxygen atoms in total. The molecule has 0 bridgehead atoms. The van der Waals surface area contributed by atoms with Crippen LogP contribution < -0.4 is 0 Å². The van der Waals surface area contributed by atoms with Gasteiger partial charge in [-0.25, -0.2) is 4.68 Å². The summed E-state index contributed by atoms with van der Waals surface area (Å²) in [6, 6.07) is 0.374. The molecule has 24 heavy (non-hydrogen) atoms. The number of carbonyl (C=O) groups is 1. The summed E-state index contributed by atoms with van der Waals surface area (Å²) in [6.45, 7) is 6.96. The van der Waals surface area contributed by atoms with Crippen LogP contribution >= 0.6 is 0 Å². The Balaban J connectivity index is 1.53. The van der Waals surface area contributed by atoms with E-state index in [1.807, 2.05) is 18.8 Å². The van der Waals surface area contributed by atoms with E-state index in [9.17, 15) is 4.79 Å². The van der Waals surface area contributed by atoms with Crippen molar-refractivity contribution < 1.29 is 4.79 Å². The van der Waals surface area contributed by atoms with E-state index in [0.29, 0.717) is 17.4 Å². The summed E-state index contributed by atoms with van der Waals surface area (Å²) in [7, 11) is 4.07. The molecule has 0 radical (unpaired) electrons. The van der Waals surface area contributed by atoms with E-state index in [1.54, 1.807) is 0 Å². The summed E-state index contributed by atoms with van der Waals surface area (Å²) in [5.41, 5.74) is 1.31. The Kier molecular flexibility index (Phi) is 4.95. The molecular formula is C18H31N5O. The summed E-state index contributed by atoms with van der Waals surface area (Å²) in [4.78, 5) is 16.9. The van der Waals surface area contributed by atoms with E-state index in [4.69, 9.17) is 0 Å². The molecule has 0 unspecified atom stereocenters. The number of likely N-dealkylation sites (tertiary alicyclic amines) is 1. The van der Waals surface area contributed by atoms with E-state index >= 15 is 0 Å². The van der Waals surface area contributed by atoms with Crippen LogP contribution in [-0.4, -0.2) is 57.9 Å². The Bertz CT molecular complexity index is 570. The van der Waals surface area contributed by atoms with Crippen LogP contribution in [0.4, 0.5) is 0 Å². The van der Waals surface area contributed by atoms with Crippen LogP contribution in [-0.2, 0) is 11.3 Å². The summed E-state index contributed by atoms with van der Waals surface area (Å²) in [6.07, 6.45) is 7.37. The first kappa shape index (κ1) is 17.4. The minimum absolute atomic E-state index is 0.280. The normalized spacial score (nSPS) is 23.7. The van der Waals surface area contributed by atoms with Gasteiger partial charge in [0, 0.05) is 25.6 Å². The number of carbonyl (C=O) groups excluding carboxylic acids is 1. The van der Waals surface area contributed by atoms with Crippen molar-refractivity contribution in [1.29, 1.82) is 0 Å². The predicted octanol–water partition coefficient (Wildman–Crippen LogP) is 2.33. The molecule has 2 fully saturated rings. The van der Waals surface area contributed by atoms with Crippen LogP contribution in [0.2, 0.25) is 0 Å². The van der Waals surface area contributed by atoms with Gasteiger partial charge in [0.2, 0.25) is 5.91 Å². The smallest absolute Gasteiger partial charge is 0.226 e. The minimum atomic E-state index is 0.280. The molecule has 1 saturated carbocycles. The maximum atomic E-state index is 12.7. The highest BCUT2D eigenvalue weighted by molar-refractivity contribution is 5.82. The third-order valence-electron chi connectivity index (χ3n) is 6.08. The first-order chi connectivity index (χ1) is 11.5. The second-order valence-electron chi connectivity index (χ2n) is 7.81. The second kappa shape index (κ2) is 6.82. The molecular weight excluding hydrogens is 302 g/mol. The number of nitrogens with zero attached hydrogens (tertiary/aromatic N) is 5. The highest BCUT2D eigenvalue weighted by Crippen LogP contribution is 2.58. The Morgan fingerprint density at radius 1 is 1.29 bits per heavy atom. The number of rotatable bonds is 6. The molecule has 2 aliphatic rings. The van der Waals surface area contributed by atoms with Crippen LogP contribution in [0.1, 0.15) is 57.7 Å². The highest BCUT2D eigenvalue weighted by atomic mass is 16.2. The Morgan fingerprint density at radius 3 is 2.50 bits per heavy atom. The fourth-order valence-corrected chi connectivity index (χ4v) is 4.19. The van der Waals surface area contributed by atoms with Crippen molar-refractivity contribution in [2.45, 2.75) is 58.5 Å². The number of amides is 1. The molecule has 2 heterocycles. The van der Waals surface area contributed by atoms with Crippen molar-refractivity contribution in [3.05, 3.63) is 11.9 Å². The molecule has 1 saturated heterocycles. The first-order valence-electron chi connectivity index (χ1n) is 9.33. The Morgan fingerprint density at radius 2 is 1.96 bits per heavy atom. The Hall–Kier alpha value is -1.43. The quantitative estimate of drug-likeness (QED) is 0.802. The van der Waals surface area contributed by atoms with Crippen molar-refractivity contribution in [3.8, 4) is 0 Å². The van der Waals surface area contributed by atoms with Gasteiger partial charge in [0.05, 0.1) is 17.9 Å². The van der Waals surface area contributed by atoms with Gasteiger partial charge in [0.1, 0.15) is 0 Å². The topological polar surface area (TPSA) is 54.3 Å². The van der Waals surface area contributed by atoms with Crippen LogP contribution in [0.25, 0.3) is 0 Å². The lowest BCUT2D eigenvalue weighted by molar-refractivity contribution is -0.134. The van der Waals surface area contributed by atoms with E-state index in [1.165, 1.54) is 0 Å². The molecule has 1 atom stereocenters. The summed E-state index contributed by atoms with van der Waals surface area (Å²) in [5, 5.41) is 8.55. The van der Waals surface area contributed by atoms with Crippen LogP contribution in [0.5, 0.6) is 0 Å². The van der Waals surface area contributed by atoms with E-state index < -0.39 is 0 Å². The molecule has 1 aliphatic carbocycles. The summed E-state index contributed by atoms with van der Waals surface area (Å²) in [5.74, 6) is 0.672. The van der Waals surface area contributed by atoms with Gasteiger partial charge in [-0.1, -0.05) is 19.1 Å². The van der Waals surface area contributed by atoms with Gasteiger partial charge in [-0.3, -0.25) is 4.79 Å². The van der Waals surface area contributed by atoms with Gasteiger partial charge in [-0.15, -0.1) is 5.10 Å². The minimum Gasteiger partial charge on any atom is -0.342 e. The van der Waals surface area contributed by atoms with Crippen LogP contribution in [0.15, 0.2) is 6.20 Å². The third kappa shape index (κ3) is 3.34. The SMILES string of the molecule is CCC1(CC)C[C@@H]1C(=O)N1CCC(n2cc(CN(C)C)nn2)CC1. The van der Waals surface area contributed by atoms with Crippen molar-refractivity contribution in [3.63, 3.8) is 0 Å². The van der Waals surface area contributed by atoms with Crippen LogP contribution in [0.3, 0.4) is 0 Å². The average Bonchev–Trinajstić information content (AvgIpc) is 3.16. The van der Waals surface area contributed by atoms with E-state index in [2.05, 4.69) is 40.2 Å². The largest absolute Gasteiger partial charge is 0.342 e. The first-order valence-corrected chi connectivity index (χ1v) is 9.33. The maximum Gasteiger partial charge on any atom is 0.226 e. The van der Waals surface area contributed by atoms with Gasteiger partial charge in [0.15, 0.2) is 0 Å². The maximum absolute atomic E-state index is 12.7. The van der Waals surface area contributed by atoms with E-state index in [-0.39, 0.29) is 5.92 Å². The molecule has 3 rings (SSSR count). The predicted molar refractivity (Wildman–Crippen MR) is 93.4 cm³/mol. The highest BCUT2D eigenvalue weighted by Gasteiger charge is 2.56. The summed E-state index contributed by atoms with van der Waals surface area (Å²) < 4.78 is 2.00. The molecule has 0 spiro atoms. The summed E-state index contributed by atoms with van der Waals surface area (Å²) >= 11 is 0. The fraction of sp³-hybridized carbons (Fsp3) is 0.833. The van der Waals surface area contributed by atoms with Gasteiger partial charge < -0.3 is 9.80 Å². The van der Waals surface area contributed by atoms with Gasteiger partial charge in [0.25, 0.3) is 0 Å². The molecule has 134 valence electrons. The van der Waals surface area contributed by atoms with Crippen molar-refractivity contribution in [2.75, 3.05) is 27.2 Å². The zero-order valence-electron chi connectivity index (χ0n) is 15.5. The zero-order chi connectivity index (χ0) is 17.3. The number of aromatic nitrogens is 3. The van der Waals surface area contributed by atoms with Gasteiger partial charge >= 0.3 is 0 Å². The molecule has 1 aliphatic heterocycles. The average molecular weight is 333 g/mol. The molecule has 0 N–H and O–H groups in total. The Labute approximate surface area is 145 Å². The van der Waals surface area contributed by atoms with Crippen molar-refractivity contribution in [2.24, 2.45) is 11.3 Å². The number of piperidine rings is 1. The zero-order valence-corrected chi connectivity index (χ0v) is 15.5. The lowest BCUT2D eigenvalue weighted by atomic mass is 9.96. The second-order valence-corrected chi connectivity index (χ2v) is 7.81. The molecule has 1 aromatic rings. The molecule has 1 amide bonds. The monoisotopic (exact) mass is 333 g/mol. The van der Waals surface area contributed by atoms with Crippen molar-refractivity contribution >= 4 is 5.91 Å². The molecule has 1 aromatic heterocycles.